The minimum atomic E-state index is -0.737. The summed E-state index contributed by atoms with van der Waals surface area (Å²) in [6.07, 6.45) is 2.89. The number of alkyl halides is 1. The summed E-state index contributed by atoms with van der Waals surface area (Å²) in [7, 11) is 0. The molecule has 0 unspecified atom stereocenters. The highest BCUT2D eigenvalue weighted by molar-refractivity contribution is 8.13. The summed E-state index contributed by atoms with van der Waals surface area (Å²) in [4.78, 5) is 36.9. The second-order valence-corrected chi connectivity index (χ2v) is 9.06. The summed E-state index contributed by atoms with van der Waals surface area (Å²) in [5.41, 5.74) is 1.00. The van der Waals surface area contributed by atoms with Gasteiger partial charge in [0.1, 0.15) is 12.6 Å². The number of hydrogen-bond donors (Lipinski definition) is 1. The number of benzene rings is 1. The number of amides is 1. The summed E-state index contributed by atoms with van der Waals surface area (Å²) in [5, 5.41) is 2.79. The van der Waals surface area contributed by atoms with Gasteiger partial charge in [0.05, 0.1) is 19.1 Å². The highest BCUT2D eigenvalue weighted by Gasteiger charge is 2.27. The SMILES string of the molecule is CSCC[C@H](NC(=O)[C@@H](CSC(C)=O)Cc1ccccc1)C(=O)OCCOCCCl. The molecule has 168 valence electrons. The van der Waals surface area contributed by atoms with Crippen LogP contribution in [0.3, 0.4) is 0 Å². The first-order chi connectivity index (χ1) is 14.5. The molecule has 1 aromatic carbocycles. The number of nitrogens with one attached hydrogen (secondary N) is 1. The Balaban J connectivity index is 2.73. The van der Waals surface area contributed by atoms with Crippen LogP contribution in [0.2, 0.25) is 0 Å². The minimum absolute atomic E-state index is 0.0452. The molecular weight excluding hydrogens is 446 g/mol. The molecule has 1 rings (SSSR count). The normalized spacial score (nSPS) is 12.8. The predicted octanol–water partition coefficient (Wildman–Crippen LogP) is 3.16. The van der Waals surface area contributed by atoms with Crippen molar-refractivity contribution in [3.63, 3.8) is 0 Å². The molecule has 30 heavy (non-hydrogen) atoms. The quantitative estimate of drug-likeness (QED) is 0.237. The Morgan fingerprint density at radius 1 is 1.13 bits per heavy atom. The second-order valence-electron chi connectivity index (χ2n) is 6.50. The largest absolute Gasteiger partial charge is 0.462 e. The van der Waals surface area contributed by atoms with Crippen LogP contribution in [-0.2, 0) is 30.3 Å². The van der Waals surface area contributed by atoms with Crippen LogP contribution in [0.25, 0.3) is 0 Å². The Bertz CT molecular complexity index is 648. The summed E-state index contributed by atoms with van der Waals surface area (Å²) >= 11 is 8.24. The van der Waals surface area contributed by atoms with Gasteiger partial charge in [-0.1, -0.05) is 42.1 Å². The molecule has 0 saturated carbocycles. The molecule has 1 amide bonds. The van der Waals surface area contributed by atoms with Gasteiger partial charge >= 0.3 is 5.97 Å². The number of thioether (sulfide) groups is 2. The summed E-state index contributed by atoms with van der Waals surface area (Å²) in [5.74, 6) is 0.263. The highest BCUT2D eigenvalue weighted by Crippen LogP contribution is 2.17. The van der Waals surface area contributed by atoms with Crippen molar-refractivity contribution >= 4 is 52.1 Å². The van der Waals surface area contributed by atoms with E-state index in [-0.39, 0.29) is 24.2 Å². The standard InChI is InChI=1S/C21H30ClNO5S2/c1-16(24)30-15-18(14-17-6-4-3-5-7-17)20(25)23-19(8-13-29-2)21(26)28-12-11-27-10-9-22/h3-7,18-19H,8-15H2,1-2H3,(H,23,25)/t18-,19+/m1/s1. The third kappa shape index (κ3) is 11.8. The van der Waals surface area contributed by atoms with E-state index >= 15 is 0 Å². The lowest BCUT2D eigenvalue weighted by atomic mass is 9.99. The van der Waals surface area contributed by atoms with Gasteiger partial charge in [0.15, 0.2) is 5.12 Å². The Morgan fingerprint density at radius 3 is 2.50 bits per heavy atom. The van der Waals surface area contributed by atoms with Gasteiger partial charge in [-0.15, -0.1) is 11.6 Å². The fraction of sp³-hybridized carbons (Fsp3) is 0.571. The van der Waals surface area contributed by atoms with Crippen molar-refractivity contribution in [1.82, 2.24) is 5.32 Å². The van der Waals surface area contributed by atoms with Crippen LogP contribution in [0.15, 0.2) is 30.3 Å². The van der Waals surface area contributed by atoms with Crippen LogP contribution in [0, 0.1) is 5.92 Å². The first-order valence-electron chi connectivity index (χ1n) is 9.74. The van der Waals surface area contributed by atoms with Gasteiger partial charge in [0.2, 0.25) is 5.91 Å². The summed E-state index contributed by atoms with van der Waals surface area (Å²) in [6.45, 7) is 2.23. The van der Waals surface area contributed by atoms with E-state index in [0.29, 0.717) is 36.8 Å². The molecule has 0 fully saturated rings. The molecule has 0 radical (unpaired) electrons. The number of carbonyl (C=O) groups excluding carboxylic acids is 3. The van der Waals surface area contributed by atoms with Gasteiger partial charge in [-0.3, -0.25) is 9.59 Å². The number of ether oxygens (including phenoxy) is 2. The molecular formula is C21H30ClNO5S2. The van der Waals surface area contributed by atoms with Crippen LogP contribution in [0.4, 0.5) is 0 Å². The maximum absolute atomic E-state index is 13.0. The molecule has 9 heteroatoms. The molecule has 0 aliphatic carbocycles. The van der Waals surface area contributed by atoms with Gasteiger partial charge in [0, 0.05) is 18.6 Å². The first kappa shape index (κ1) is 26.8. The van der Waals surface area contributed by atoms with E-state index in [0.717, 1.165) is 17.3 Å². The fourth-order valence-corrected chi connectivity index (χ4v) is 3.86. The summed E-state index contributed by atoms with van der Waals surface area (Å²) in [6, 6.07) is 8.88. The molecule has 1 aromatic rings. The summed E-state index contributed by atoms with van der Waals surface area (Å²) < 4.78 is 10.5. The molecule has 0 aromatic heterocycles. The van der Waals surface area contributed by atoms with Crippen LogP contribution in [-0.4, -0.2) is 66.5 Å². The van der Waals surface area contributed by atoms with E-state index < -0.39 is 17.9 Å². The van der Waals surface area contributed by atoms with Crippen LogP contribution in [0.5, 0.6) is 0 Å². The van der Waals surface area contributed by atoms with Crippen molar-refractivity contribution in [3.8, 4) is 0 Å². The van der Waals surface area contributed by atoms with Crippen LogP contribution >= 0.6 is 35.1 Å². The maximum atomic E-state index is 13.0. The van der Waals surface area contributed by atoms with Crippen molar-refractivity contribution in [2.24, 2.45) is 5.92 Å². The van der Waals surface area contributed by atoms with Gasteiger partial charge in [-0.25, -0.2) is 4.79 Å². The number of rotatable bonds is 15. The van der Waals surface area contributed by atoms with E-state index in [9.17, 15) is 14.4 Å². The lowest BCUT2D eigenvalue weighted by Gasteiger charge is -2.21. The average molecular weight is 476 g/mol. The van der Waals surface area contributed by atoms with Crippen molar-refractivity contribution < 1.29 is 23.9 Å². The third-order valence-electron chi connectivity index (χ3n) is 4.09. The van der Waals surface area contributed by atoms with E-state index in [1.54, 1.807) is 11.8 Å². The molecule has 0 saturated heterocycles. The molecule has 0 aliphatic heterocycles. The maximum Gasteiger partial charge on any atom is 0.328 e. The smallest absolute Gasteiger partial charge is 0.328 e. The molecule has 0 bridgehead atoms. The Morgan fingerprint density at radius 2 is 1.87 bits per heavy atom. The Labute approximate surface area is 192 Å². The molecule has 2 atom stereocenters. The minimum Gasteiger partial charge on any atom is -0.462 e. The molecule has 0 aliphatic rings. The third-order valence-corrected chi connectivity index (χ3v) is 5.86. The molecule has 0 spiro atoms. The zero-order valence-electron chi connectivity index (χ0n) is 17.4. The topological polar surface area (TPSA) is 81.7 Å². The van der Waals surface area contributed by atoms with Crippen molar-refractivity contribution in [1.29, 1.82) is 0 Å². The predicted molar refractivity (Wildman–Crippen MR) is 124 cm³/mol. The van der Waals surface area contributed by atoms with Gasteiger partial charge in [-0.2, -0.15) is 11.8 Å². The van der Waals surface area contributed by atoms with Crippen molar-refractivity contribution in [3.05, 3.63) is 35.9 Å². The Hall–Kier alpha value is -1.22. The number of carbonyl (C=O) groups is 3. The monoisotopic (exact) mass is 475 g/mol. The first-order valence-corrected chi connectivity index (χ1v) is 12.7. The van der Waals surface area contributed by atoms with Gasteiger partial charge in [-0.05, 0) is 30.4 Å². The van der Waals surface area contributed by atoms with E-state index in [4.69, 9.17) is 21.1 Å². The van der Waals surface area contributed by atoms with E-state index in [2.05, 4.69) is 5.32 Å². The van der Waals surface area contributed by atoms with Crippen molar-refractivity contribution in [2.75, 3.05) is 43.5 Å². The molecule has 1 N–H and O–H groups in total. The van der Waals surface area contributed by atoms with Gasteiger partial charge < -0.3 is 14.8 Å². The molecule has 0 heterocycles. The number of halogens is 1. The number of hydrogen-bond acceptors (Lipinski definition) is 7. The van der Waals surface area contributed by atoms with Gasteiger partial charge in [0.25, 0.3) is 0 Å². The number of esters is 1. The van der Waals surface area contributed by atoms with E-state index in [1.807, 2.05) is 36.6 Å². The zero-order chi connectivity index (χ0) is 22.2. The highest BCUT2D eigenvalue weighted by atomic mass is 35.5. The van der Waals surface area contributed by atoms with E-state index in [1.165, 1.54) is 6.92 Å². The Kier molecular flexibility index (Phi) is 14.7. The fourth-order valence-electron chi connectivity index (χ4n) is 2.58. The zero-order valence-corrected chi connectivity index (χ0v) is 19.8. The molecule has 6 nitrogen and oxygen atoms in total. The lowest BCUT2D eigenvalue weighted by molar-refractivity contribution is -0.149. The van der Waals surface area contributed by atoms with Crippen molar-refractivity contribution in [2.45, 2.75) is 25.8 Å². The average Bonchev–Trinajstić information content (AvgIpc) is 2.74. The second kappa shape index (κ2) is 16.5. The lowest BCUT2D eigenvalue weighted by Crippen LogP contribution is -2.46. The van der Waals surface area contributed by atoms with Crippen LogP contribution < -0.4 is 5.32 Å². The van der Waals surface area contributed by atoms with Crippen LogP contribution in [0.1, 0.15) is 18.9 Å².